The molecule has 0 aliphatic heterocycles. The molecule has 0 atom stereocenters. The first-order valence-electron chi connectivity index (χ1n) is 5.67. The van der Waals surface area contributed by atoms with Crippen LogP contribution in [-0.4, -0.2) is 35.9 Å². The number of hydrogen-bond donors (Lipinski definition) is 2. The van der Waals surface area contributed by atoms with E-state index in [4.69, 9.17) is 0 Å². The lowest BCUT2D eigenvalue weighted by atomic mass is 10.1. The minimum absolute atomic E-state index is 0.364. The van der Waals surface area contributed by atoms with E-state index in [2.05, 4.69) is 9.44 Å². The second kappa shape index (κ2) is 6.36. The van der Waals surface area contributed by atoms with Crippen LogP contribution in [0, 0.1) is 0 Å². The largest absolute Gasteiger partial charge is 0.284 e. The molecule has 0 amide bonds. The molecule has 8 heteroatoms. The second-order valence-electron chi connectivity index (χ2n) is 4.34. The zero-order chi connectivity index (χ0) is 14.5. The molecule has 108 valence electrons. The normalized spacial score (nSPS) is 12.3. The van der Waals surface area contributed by atoms with Crippen molar-refractivity contribution in [1.29, 1.82) is 0 Å². The van der Waals surface area contributed by atoms with Crippen LogP contribution in [0.15, 0.2) is 24.3 Å². The quantitative estimate of drug-likeness (QED) is 0.719. The number of sulfonamides is 2. The molecule has 0 heterocycles. The van der Waals surface area contributed by atoms with Gasteiger partial charge < -0.3 is 0 Å². The third kappa shape index (κ3) is 7.81. The van der Waals surface area contributed by atoms with Gasteiger partial charge in [-0.15, -0.1) is 0 Å². The maximum atomic E-state index is 11.1. The molecule has 0 saturated carbocycles. The SMILES string of the molecule is CS(=O)(=O)NCCCc1cccc(NS(C)(=O)=O)c1. The Morgan fingerprint density at radius 1 is 1.05 bits per heavy atom. The van der Waals surface area contributed by atoms with E-state index in [0.29, 0.717) is 25.1 Å². The minimum atomic E-state index is -3.28. The summed E-state index contributed by atoms with van der Waals surface area (Å²) in [6.45, 7) is 0.364. The summed E-state index contributed by atoms with van der Waals surface area (Å²) in [4.78, 5) is 0. The highest BCUT2D eigenvalue weighted by Gasteiger charge is 2.03. The first-order chi connectivity index (χ1) is 8.66. The van der Waals surface area contributed by atoms with Crippen LogP contribution in [-0.2, 0) is 26.5 Å². The number of anilines is 1. The van der Waals surface area contributed by atoms with Gasteiger partial charge in [0.15, 0.2) is 0 Å². The molecule has 6 nitrogen and oxygen atoms in total. The fourth-order valence-corrected chi connectivity index (χ4v) is 2.62. The molecule has 1 rings (SSSR count). The van der Waals surface area contributed by atoms with Crippen molar-refractivity contribution < 1.29 is 16.8 Å². The van der Waals surface area contributed by atoms with Crippen molar-refractivity contribution in [2.45, 2.75) is 12.8 Å². The number of aryl methyl sites for hydroxylation is 1. The van der Waals surface area contributed by atoms with Crippen LogP contribution in [0.3, 0.4) is 0 Å². The Morgan fingerprint density at radius 3 is 2.32 bits per heavy atom. The van der Waals surface area contributed by atoms with E-state index in [1.54, 1.807) is 18.2 Å². The summed E-state index contributed by atoms with van der Waals surface area (Å²) in [7, 11) is -6.43. The highest BCUT2D eigenvalue weighted by Crippen LogP contribution is 2.13. The van der Waals surface area contributed by atoms with Gasteiger partial charge in [-0.3, -0.25) is 4.72 Å². The van der Waals surface area contributed by atoms with Gasteiger partial charge in [-0.25, -0.2) is 21.6 Å². The van der Waals surface area contributed by atoms with Crippen LogP contribution in [0.5, 0.6) is 0 Å². The predicted octanol–water partition coefficient (Wildman–Crippen LogP) is 0.540. The summed E-state index contributed by atoms with van der Waals surface area (Å²) >= 11 is 0. The van der Waals surface area contributed by atoms with E-state index in [1.165, 1.54) is 0 Å². The molecule has 0 saturated heterocycles. The van der Waals surface area contributed by atoms with E-state index < -0.39 is 20.0 Å². The van der Waals surface area contributed by atoms with Crippen LogP contribution in [0.1, 0.15) is 12.0 Å². The van der Waals surface area contributed by atoms with Gasteiger partial charge >= 0.3 is 0 Å². The molecule has 0 aliphatic rings. The predicted molar refractivity (Wildman–Crippen MR) is 76.1 cm³/mol. The maximum Gasteiger partial charge on any atom is 0.229 e. The van der Waals surface area contributed by atoms with E-state index in [1.807, 2.05) is 6.07 Å². The number of benzene rings is 1. The van der Waals surface area contributed by atoms with Gasteiger partial charge in [0.1, 0.15) is 0 Å². The molecule has 0 fully saturated rings. The molecule has 0 spiro atoms. The van der Waals surface area contributed by atoms with Crippen LogP contribution < -0.4 is 9.44 Å². The van der Waals surface area contributed by atoms with E-state index in [9.17, 15) is 16.8 Å². The lowest BCUT2D eigenvalue weighted by Crippen LogP contribution is -2.23. The van der Waals surface area contributed by atoms with Gasteiger partial charge in [-0.1, -0.05) is 12.1 Å². The first-order valence-corrected chi connectivity index (χ1v) is 9.45. The molecule has 0 aromatic heterocycles. The molecule has 19 heavy (non-hydrogen) atoms. The highest BCUT2D eigenvalue weighted by atomic mass is 32.2. The summed E-state index contributed by atoms with van der Waals surface area (Å²) in [6, 6.07) is 7.03. The molecule has 0 aliphatic carbocycles. The van der Waals surface area contributed by atoms with E-state index in [0.717, 1.165) is 18.1 Å². The van der Waals surface area contributed by atoms with Gasteiger partial charge in [0, 0.05) is 12.2 Å². The third-order valence-corrected chi connectivity index (χ3v) is 3.57. The van der Waals surface area contributed by atoms with Crippen LogP contribution in [0.25, 0.3) is 0 Å². The standard InChI is InChI=1S/C11H18N2O4S2/c1-18(14,15)12-8-4-6-10-5-3-7-11(9-10)13-19(2,16)17/h3,5,7,9,12-13H,4,6,8H2,1-2H3. The monoisotopic (exact) mass is 306 g/mol. The topological polar surface area (TPSA) is 92.3 Å². The summed E-state index contributed by atoms with van der Waals surface area (Å²) in [6.07, 6.45) is 3.52. The molecule has 2 N–H and O–H groups in total. The Morgan fingerprint density at radius 2 is 1.74 bits per heavy atom. The van der Waals surface area contributed by atoms with Crippen molar-refractivity contribution in [1.82, 2.24) is 4.72 Å². The molecule has 0 bridgehead atoms. The smallest absolute Gasteiger partial charge is 0.229 e. The lowest BCUT2D eigenvalue weighted by molar-refractivity contribution is 0.585. The molecule has 1 aromatic rings. The average molecular weight is 306 g/mol. The van der Waals surface area contributed by atoms with E-state index in [-0.39, 0.29) is 0 Å². The first kappa shape index (κ1) is 15.9. The summed E-state index contributed by atoms with van der Waals surface area (Å²) in [5.41, 5.74) is 1.46. The summed E-state index contributed by atoms with van der Waals surface area (Å²) < 4.78 is 48.7. The van der Waals surface area contributed by atoms with Crippen molar-refractivity contribution in [3.63, 3.8) is 0 Å². The fraction of sp³-hybridized carbons (Fsp3) is 0.455. The van der Waals surface area contributed by atoms with Crippen molar-refractivity contribution in [3.05, 3.63) is 29.8 Å². The molecule has 0 unspecified atom stereocenters. The number of hydrogen-bond acceptors (Lipinski definition) is 4. The van der Waals surface area contributed by atoms with E-state index >= 15 is 0 Å². The Kier molecular flexibility index (Phi) is 5.33. The number of nitrogens with one attached hydrogen (secondary N) is 2. The average Bonchev–Trinajstić information content (AvgIpc) is 2.21. The minimum Gasteiger partial charge on any atom is -0.284 e. The van der Waals surface area contributed by atoms with Crippen molar-refractivity contribution in [3.8, 4) is 0 Å². The van der Waals surface area contributed by atoms with Crippen LogP contribution in [0.4, 0.5) is 5.69 Å². The van der Waals surface area contributed by atoms with Crippen LogP contribution >= 0.6 is 0 Å². The second-order valence-corrected chi connectivity index (χ2v) is 7.93. The zero-order valence-electron chi connectivity index (χ0n) is 10.9. The summed E-state index contributed by atoms with van der Waals surface area (Å²) in [5.74, 6) is 0. The van der Waals surface area contributed by atoms with Gasteiger partial charge in [-0.2, -0.15) is 0 Å². The Balaban J connectivity index is 2.53. The number of rotatable bonds is 7. The Hall–Kier alpha value is -1.12. The van der Waals surface area contributed by atoms with Gasteiger partial charge in [-0.05, 0) is 30.5 Å². The van der Waals surface area contributed by atoms with Gasteiger partial charge in [0.25, 0.3) is 0 Å². The Labute approximate surface area is 114 Å². The molecular weight excluding hydrogens is 288 g/mol. The van der Waals surface area contributed by atoms with Crippen molar-refractivity contribution in [2.24, 2.45) is 0 Å². The maximum absolute atomic E-state index is 11.1. The molecule has 1 aromatic carbocycles. The highest BCUT2D eigenvalue weighted by molar-refractivity contribution is 7.92. The summed E-state index contributed by atoms with van der Waals surface area (Å²) in [5, 5.41) is 0. The molecule has 0 radical (unpaired) electrons. The zero-order valence-corrected chi connectivity index (χ0v) is 12.5. The third-order valence-electron chi connectivity index (χ3n) is 2.24. The van der Waals surface area contributed by atoms with Gasteiger partial charge in [0.2, 0.25) is 20.0 Å². The van der Waals surface area contributed by atoms with Gasteiger partial charge in [0.05, 0.1) is 12.5 Å². The van der Waals surface area contributed by atoms with Crippen molar-refractivity contribution >= 4 is 25.7 Å². The Bertz CT molecular complexity index is 624. The lowest BCUT2D eigenvalue weighted by Gasteiger charge is -2.07. The fourth-order valence-electron chi connectivity index (χ4n) is 1.55. The van der Waals surface area contributed by atoms with Crippen molar-refractivity contribution in [2.75, 3.05) is 23.8 Å². The van der Waals surface area contributed by atoms with Crippen LogP contribution in [0.2, 0.25) is 0 Å². The molecular formula is C11H18N2O4S2.